The van der Waals surface area contributed by atoms with Crippen molar-refractivity contribution in [3.63, 3.8) is 0 Å². The lowest BCUT2D eigenvalue weighted by Gasteiger charge is -2.32. The van der Waals surface area contributed by atoms with Crippen molar-refractivity contribution in [3.8, 4) is 17.2 Å². The molecule has 1 fully saturated rings. The van der Waals surface area contributed by atoms with E-state index in [0.29, 0.717) is 11.5 Å². The molecule has 3 nitrogen and oxygen atoms in total. The Balaban J connectivity index is 1.70. The highest BCUT2D eigenvalue weighted by molar-refractivity contribution is 6.52. The number of hydrogen-bond acceptors (Lipinski definition) is 3. The summed E-state index contributed by atoms with van der Waals surface area (Å²) in [7, 11) is 3.23. The van der Waals surface area contributed by atoms with E-state index in [0.717, 1.165) is 16.9 Å². The van der Waals surface area contributed by atoms with Crippen LogP contribution < -0.4 is 14.2 Å². The fraction of sp³-hybridized carbons (Fsp3) is 0.280. The van der Waals surface area contributed by atoms with Crippen molar-refractivity contribution in [2.24, 2.45) is 5.92 Å². The van der Waals surface area contributed by atoms with E-state index in [9.17, 15) is 0 Å². The second kappa shape index (κ2) is 6.83. The lowest BCUT2D eigenvalue weighted by molar-refractivity contribution is 0.137. The third-order valence-electron chi connectivity index (χ3n) is 6.35. The van der Waals surface area contributed by atoms with Crippen molar-refractivity contribution in [1.29, 1.82) is 0 Å². The van der Waals surface area contributed by atoms with Gasteiger partial charge in [0.05, 0.1) is 20.1 Å². The number of ether oxygens (including phenoxy) is 3. The third-order valence-corrected chi connectivity index (χ3v) is 7.38. The monoisotopic (exact) mass is 440 g/mol. The van der Waals surface area contributed by atoms with Gasteiger partial charge in [-0.05, 0) is 30.7 Å². The minimum Gasteiger partial charge on any atom is -0.493 e. The summed E-state index contributed by atoms with van der Waals surface area (Å²) < 4.78 is 16.4. The van der Waals surface area contributed by atoms with Crippen LogP contribution in [-0.2, 0) is 5.60 Å². The first kappa shape index (κ1) is 19.6. The van der Waals surface area contributed by atoms with E-state index in [1.165, 1.54) is 11.1 Å². The number of benzene rings is 3. The quantitative estimate of drug-likeness (QED) is 0.449. The number of hydrogen-bond donors (Lipinski definition) is 0. The van der Waals surface area contributed by atoms with E-state index in [1.54, 1.807) is 14.2 Å². The first-order chi connectivity index (χ1) is 14.4. The molecule has 0 amide bonds. The van der Waals surface area contributed by atoms with Crippen LogP contribution >= 0.6 is 23.2 Å². The van der Waals surface area contributed by atoms with Crippen molar-refractivity contribution in [3.05, 3.63) is 89.0 Å². The molecule has 0 saturated heterocycles. The van der Waals surface area contributed by atoms with Gasteiger partial charge in [-0.25, -0.2) is 0 Å². The van der Waals surface area contributed by atoms with Crippen LogP contribution in [0.3, 0.4) is 0 Å². The number of fused-ring (bicyclic) bond motifs is 2. The molecule has 0 aromatic heterocycles. The Hall–Kier alpha value is -2.36. The number of rotatable bonds is 4. The average molecular weight is 441 g/mol. The van der Waals surface area contributed by atoms with Crippen molar-refractivity contribution < 1.29 is 14.2 Å². The Morgan fingerprint density at radius 1 is 0.867 bits per heavy atom. The molecule has 1 saturated carbocycles. The fourth-order valence-electron chi connectivity index (χ4n) is 4.81. The largest absolute Gasteiger partial charge is 0.493 e. The molecule has 1 aliphatic carbocycles. The average Bonchev–Trinajstić information content (AvgIpc) is 3.27. The van der Waals surface area contributed by atoms with E-state index in [-0.39, 0.29) is 11.8 Å². The van der Waals surface area contributed by atoms with Gasteiger partial charge in [0, 0.05) is 17.0 Å². The predicted molar refractivity (Wildman–Crippen MR) is 119 cm³/mol. The fourth-order valence-corrected chi connectivity index (χ4v) is 5.79. The molecule has 0 radical (unpaired) electrons. The molecule has 154 valence electrons. The molecular formula is C25H22Cl2O3. The molecule has 1 heterocycles. The molecular weight excluding hydrogens is 419 g/mol. The maximum absolute atomic E-state index is 7.01. The van der Waals surface area contributed by atoms with Gasteiger partial charge >= 0.3 is 0 Å². The molecule has 5 rings (SSSR count). The highest BCUT2D eigenvalue weighted by Crippen LogP contribution is 2.77. The summed E-state index contributed by atoms with van der Waals surface area (Å²) in [4.78, 5) is 0. The molecule has 5 heteroatoms. The zero-order valence-corrected chi connectivity index (χ0v) is 18.5. The van der Waals surface area contributed by atoms with Crippen LogP contribution in [0.1, 0.15) is 28.2 Å². The Bertz CT molecular complexity index is 1110. The van der Waals surface area contributed by atoms with E-state index in [1.807, 2.05) is 36.4 Å². The van der Waals surface area contributed by atoms with E-state index < -0.39 is 9.93 Å². The Morgan fingerprint density at radius 2 is 1.57 bits per heavy atom. The lowest BCUT2D eigenvalue weighted by atomic mass is 9.82. The predicted octanol–water partition coefficient (Wildman–Crippen LogP) is 6.24. The van der Waals surface area contributed by atoms with Crippen molar-refractivity contribution >= 4 is 23.2 Å². The minimum absolute atomic E-state index is 0.0126. The third kappa shape index (κ3) is 2.58. The topological polar surface area (TPSA) is 27.7 Å². The zero-order chi connectivity index (χ0) is 21.1. The molecule has 3 atom stereocenters. The van der Waals surface area contributed by atoms with E-state index in [2.05, 4.69) is 37.3 Å². The van der Waals surface area contributed by atoms with Crippen LogP contribution in [0.4, 0.5) is 0 Å². The van der Waals surface area contributed by atoms with Crippen LogP contribution in [0, 0.1) is 12.8 Å². The molecule has 3 aromatic carbocycles. The first-order valence-corrected chi connectivity index (χ1v) is 10.6. The maximum Gasteiger partial charge on any atom is 0.174 e. The molecule has 30 heavy (non-hydrogen) atoms. The summed E-state index contributed by atoms with van der Waals surface area (Å²) >= 11 is 14.0. The number of para-hydroxylation sites is 1. The van der Waals surface area contributed by atoms with Gasteiger partial charge in [0.25, 0.3) is 0 Å². The van der Waals surface area contributed by atoms with Gasteiger partial charge in [0.15, 0.2) is 21.4 Å². The number of methoxy groups -OCH3 is 2. The van der Waals surface area contributed by atoms with E-state index in [4.69, 9.17) is 37.4 Å². The summed E-state index contributed by atoms with van der Waals surface area (Å²) in [6.07, 6.45) is 0. The van der Waals surface area contributed by atoms with Crippen molar-refractivity contribution in [1.82, 2.24) is 0 Å². The summed E-state index contributed by atoms with van der Waals surface area (Å²) in [5.41, 5.74) is 3.49. The Morgan fingerprint density at radius 3 is 2.27 bits per heavy atom. The lowest BCUT2D eigenvalue weighted by Crippen LogP contribution is -2.29. The molecule has 0 spiro atoms. The normalized spacial score (nSPS) is 25.5. The summed E-state index contributed by atoms with van der Waals surface area (Å²) in [5.74, 6) is 1.93. The Labute approximate surface area is 186 Å². The second-order valence-electron chi connectivity index (χ2n) is 7.93. The SMILES string of the molecule is COc1ccc([C@]23Oc4ccccc4[C@@H](c4ccc(C)cc4)[C@H]2C3(Cl)Cl)cc1OC. The zero-order valence-electron chi connectivity index (χ0n) is 17.0. The highest BCUT2D eigenvalue weighted by Gasteiger charge is 2.83. The minimum atomic E-state index is -1.10. The van der Waals surface area contributed by atoms with Gasteiger partial charge in [-0.2, -0.15) is 0 Å². The first-order valence-electron chi connectivity index (χ1n) is 9.89. The summed E-state index contributed by atoms with van der Waals surface area (Å²) in [6.45, 7) is 2.08. The molecule has 2 aliphatic rings. The van der Waals surface area contributed by atoms with Crippen LogP contribution in [0.25, 0.3) is 0 Å². The van der Waals surface area contributed by atoms with Gasteiger partial charge in [0.2, 0.25) is 0 Å². The van der Waals surface area contributed by atoms with Crippen molar-refractivity contribution in [2.45, 2.75) is 22.8 Å². The molecule has 0 N–H and O–H groups in total. The number of halogens is 2. The summed E-state index contributed by atoms with van der Waals surface area (Å²) in [6, 6.07) is 22.4. The molecule has 0 bridgehead atoms. The van der Waals surface area contributed by atoms with Crippen LogP contribution in [0.15, 0.2) is 66.7 Å². The highest BCUT2D eigenvalue weighted by atomic mass is 35.5. The summed E-state index contributed by atoms with van der Waals surface area (Å²) in [5, 5.41) is 0. The van der Waals surface area contributed by atoms with Gasteiger partial charge < -0.3 is 14.2 Å². The van der Waals surface area contributed by atoms with E-state index >= 15 is 0 Å². The molecule has 0 unspecified atom stereocenters. The molecule has 1 aliphatic heterocycles. The van der Waals surface area contributed by atoms with Crippen LogP contribution in [0.5, 0.6) is 17.2 Å². The van der Waals surface area contributed by atoms with Gasteiger partial charge in [-0.1, -0.05) is 77.3 Å². The van der Waals surface area contributed by atoms with Gasteiger partial charge in [0.1, 0.15) is 5.75 Å². The number of aryl methyl sites for hydroxylation is 1. The van der Waals surface area contributed by atoms with Gasteiger partial charge in [-0.15, -0.1) is 0 Å². The maximum atomic E-state index is 7.01. The standard InChI is InChI=1S/C25H22Cl2O3/c1-15-8-10-16(11-9-15)22-18-6-4-5-7-19(18)30-24(23(22)25(24,26)27)17-12-13-20(28-2)21(14-17)29-3/h4-14,22-23H,1-3H3/t22-,23-,24+/m1/s1. The number of alkyl halides is 2. The van der Waals surface area contributed by atoms with Crippen LogP contribution in [0.2, 0.25) is 0 Å². The van der Waals surface area contributed by atoms with Crippen molar-refractivity contribution in [2.75, 3.05) is 14.2 Å². The second-order valence-corrected chi connectivity index (χ2v) is 9.32. The Kier molecular flexibility index (Phi) is 4.46. The molecule has 3 aromatic rings. The van der Waals surface area contributed by atoms with Crippen LogP contribution in [-0.4, -0.2) is 18.6 Å². The smallest absolute Gasteiger partial charge is 0.174 e. The van der Waals surface area contributed by atoms with Gasteiger partial charge in [-0.3, -0.25) is 0 Å².